The molecule has 0 N–H and O–H groups in total. The number of carbonyl (C=O) groups is 1. The Balaban J connectivity index is 1.82. The van der Waals surface area contributed by atoms with Crippen molar-refractivity contribution in [2.24, 2.45) is 0 Å². The molecule has 3 nitrogen and oxygen atoms in total. The fourth-order valence-corrected chi connectivity index (χ4v) is 2.44. The van der Waals surface area contributed by atoms with Gasteiger partial charge in [-0.15, -0.1) is 0 Å². The Morgan fingerprint density at radius 2 is 1.76 bits per heavy atom. The van der Waals surface area contributed by atoms with E-state index in [0.717, 1.165) is 32.7 Å². The predicted molar refractivity (Wildman–Crippen MR) is 72.1 cm³/mol. The van der Waals surface area contributed by atoms with E-state index in [1.807, 2.05) is 11.0 Å². The summed E-state index contributed by atoms with van der Waals surface area (Å²) < 4.78 is 0. The molecule has 4 heteroatoms. The first kappa shape index (κ1) is 12.6. The van der Waals surface area contributed by atoms with Gasteiger partial charge in [0.05, 0.1) is 5.33 Å². The van der Waals surface area contributed by atoms with Crippen LogP contribution in [-0.4, -0.2) is 47.2 Å². The fourth-order valence-electron chi connectivity index (χ4n) is 2.08. The summed E-state index contributed by atoms with van der Waals surface area (Å²) in [5.74, 6) is 0.198. The second-order valence-electron chi connectivity index (χ2n) is 4.28. The lowest BCUT2D eigenvalue weighted by molar-refractivity contribution is -0.130. The minimum Gasteiger partial charge on any atom is -0.339 e. The molecule has 2 rings (SSSR count). The molecule has 1 aliphatic rings. The normalized spacial score (nSPS) is 17.1. The molecule has 0 spiro atoms. The van der Waals surface area contributed by atoms with Crippen LogP contribution < -0.4 is 0 Å². The number of halogens is 1. The van der Waals surface area contributed by atoms with Crippen molar-refractivity contribution in [2.75, 3.05) is 31.5 Å². The molecule has 0 aromatic heterocycles. The van der Waals surface area contributed by atoms with Crippen molar-refractivity contribution in [2.45, 2.75) is 6.54 Å². The molecule has 1 aromatic rings. The molecular weight excluding hydrogens is 280 g/mol. The second-order valence-corrected chi connectivity index (χ2v) is 4.84. The Labute approximate surface area is 111 Å². The van der Waals surface area contributed by atoms with Gasteiger partial charge in [0.15, 0.2) is 0 Å². The summed E-state index contributed by atoms with van der Waals surface area (Å²) >= 11 is 3.21. The quantitative estimate of drug-likeness (QED) is 0.793. The van der Waals surface area contributed by atoms with Crippen LogP contribution in [0, 0.1) is 0 Å². The van der Waals surface area contributed by atoms with E-state index < -0.39 is 0 Å². The van der Waals surface area contributed by atoms with Crippen molar-refractivity contribution in [1.82, 2.24) is 9.80 Å². The van der Waals surface area contributed by atoms with Crippen LogP contribution in [0.15, 0.2) is 30.3 Å². The molecule has 0 unspecified atom stereocenters. The SMILES string of the molecule is O=C(CBr)N1CCN(Cc2ccccc2)CC1. The average molecular weight is 297 g/mol. The maximum absolute atomic E-state index is 11.5. The molecule has 1 aromatic carbocycles. The number of piperazine rings is 1. The van der Waals surface area contributed by atoms with Gasteiger partial charge in [-0.25, -0.2) is 0 Å². The van der Waals surface area contributed by atoms with Crippen LogP contribution in [0.2, 0.25) is 0 Å². The standard InChI is InChI=1S/C13H17BrN2O/c14-10-13(17)16-8-6-15(7-9-16)11-12-4-2-1-3-5-12/h1-5H,6-11H2. The first-order valence-corrected chi connectivity index (χ1v) is 7.02. The number of benzene rings is 1. The van der Waals surface area contributed by atoms with Crippen LogP contribution in [-0.2, 0) is 11.3 Å². The van der Waals surface area contributed by atoms with E-state index in [-0.39, 0.29) is 5.91 Å². The number of rotatable bonds is 3. The van der Waals surface area contributed by atoms with E-state index in [9.17, 15) is 4.79 Å². The van der Waals surface area contributed by atoms with Gasteiger partial charge in [-0.2, -0.15) is 0 Å². The van der Waals surface area contributed by atoms with Crippen molar-refractivity contribution in [3.8, 4) is 0 Å². The van der Waals surface area contributed by atoms with Crippen LogP contribution >= 0.6 is 15.9 Å². The molecule has 1 saturated heterocycles. The van der Waals surface area contributed by atoms with Crippen LogP contribution in [0.3, 0.4) is 0 Å². The molecule has 0 radical (unpaired) electrons. The van der Waals surface area contributed by atoms with Gasteiger partial charge in [-0.1, -0.05) is 46.3 Å². The average Bonchev–Trinajstić information content (AvgIpc) is 2.40. The molecule has 0 saturated carbocycles. The number of carbonyl (C=O) groups excluding carboxylic acids is 1. The van der Waals surface area contributed by atoms with E-state index in [2.05, 4.69) is 45.1 Å². The summed E-state index contributed by atoms with van der Waals surface area (Å²) in [4.78, 5) is 15.8. The van der Waals surface area contributed by atoms with E-state index in [4.69, 9.17) is 0 Å². The Hall–Kier alpha value is -0.870. The van der Waals surface area contributed by atoms with E-state index >= 15 is 0 Å². The van der Waals surface area contributed by atoms with Gasteiger partial charge in [0.25, 0.3) is 0 Å². The van der Waals surface area contributed by atoms with Gasteiger partial charge >= 0.3 is 0 Å². The first-order chi connectivity index (χ1) is 8.29. The van der Waals surface area contributed by atoms with Crippen LogP contribution in [0.4, 0.5) is 0 Å². The zero-order valence-corrected chi connectivity index (χ0v) is 11.4. The van der Waals surface area contributed by atoms with Crippen molar-refractivity contribution in [3.05, 3.63) is 35.9 Å². The second kappa shape index (κ2) is 6.17. The smallest absolute Gasteiger partial charge is 0.233 e. The summed E-state index contributed by atoms with van der Waals surface area (Å²) in [7, 11) is 0. The highest BCUT2D eigenvalue weighted by Gasteiger charge is 2.19. The highest BCUT2D eigenvalue weighted by molar-refractivity contribution is 9.09. The lowest BCUT2D eigenvalue weighted by atomic mass is 10.2. The van der Waals surface area contributed by atoms with E-state index in [1.54, 1.807) is 0 Å². The Morgan fingerprint density at radius 3 is 2.35 bits per heavy atom. The Kier molecular flexibility index (Phi) is 4.57. The van der Waals surface area contributed by atoms with Gasteiger partial charge < -0.3 is 4.90 Å². The lowest BCUT2D eigenvalue weighted by Crippen LogP contribution is -2.48. The van der Waals surface area contributed by atoms with Gasteiger partial charge in [0.1, 0.15) is 0 Å². The van der Waals surface area contributed by atoms with Gasteiger partial charge in [-0.3, -0.25) is 9.69 Å². The number of hydrogen-bond acceptors (Lipinski definition) is 2. The molecule has 0 aliphatic carbocycles. The van der Waals surface area contributed by atoms with Gasteiger partial charge in [0.2, 0.25) is 5.91 Å². The van der Waals surface area contributed by atoms with E-state index in [1.165, 1.54) is 5.56 Å². The minimum atomic E-state index is 0.198. The molecule has 0 bridgehead atoms. The largest absolute Gasteiger partial charge is 0.339 e. The number of amides is 1. The zero-order chi connectivity index (χ0) is 12.1. The maximum Gasteiger partial charge on any atom is 0.233 e. The predicted octanol–water partition coefficient (Wildman–Crippen LogP) is 1.73. The number of hydrogen-bond donors (Lipinski definition) is 0. The molecule has 1 heterocycles. The van der Waals surface area contributed by atoms with Crippen molar-refractivity contribution < 1.29 is 4.79 Å². The molecule has 92 valence electrons. The highest BCUT2D eigenvalue weighted by Crippen LogP contribution is 2.08. The summed E-state index contributed by atoms with van der Waals surface area (Å²) in [6.07, 6.45) is 0. The van der Waals surface area contributed by atoms with Crippen LogP contribution in [0.25, 0.3) is 0 Å². The van der Waals surface area contributed by atoms with Crippen molar-refractivity contribution in [1.29, 1.82) is 0 Å². The number of alkyl halides is 1. The molecule has 1 aliphatic heterocycles. The molecule has 1 amide bonds. The number of nitrogens with zero attached hydrogens (tertiary/aromatic N) is 2. The van der Waals surface area contributed by atoms with Gasteiger partial charge in [-0.05, 0) is 5.56 Å². The molecular formula is C13H17BrN2O. The molecule has 17 heavy (non-hydrogen) atoms. The fraction of sp³-hybridized carbons (Fsp3) is 0.462. The molecule has 1 fully saturated rings. The minimum absolute atomic E-state index is 0.198. The summed E-state index contributed by atoms with van der Waals surface area (Å²) in [6.45, 7) is 4.60. The van der Waals surface area contributed by atoms with Crippen molar-refractivity contribution in [3.63, 3.8) is 0 Å². The first-order valence-electron chi connectivity index (χ1n) is 5.89. The topological polar surface area (TPSA) is 23.6 Å². The third-order valence-corrected chi connectivity index (χ3v) is 3.57. The maximum atomic E-state index is 11.5. The molecule has 0 atom stereocenters. The van der Waals surface area contributed by atoms with E-state index in [0.29, 0.717) is 5.33 Å². The van der Waals surface area contributed by atoms with Crippen LogP contribution in [0.5, 0.6) is 0 Å². The van der Waals surface area contributed by atoms with Gasteiger partial charge in [0, 0.05) is 32.7 Å². The van der Waals surface area contributed by atoms with Crippen LogP contribution in [0.1, 0.15) is 5.56 Å². The Morgan fingerprint density at radius 1 is 1.12 bits per heavy atom. The summed E-state index contributed by atoms with van der Waals surface area (Å²) in [5.41, 5.74) is 1.34. The summed E-state index contributed by atoms with van der Waals surface area (Å²) in [6, 6.07) is 10.5. The third-order valence-electron chi connectivity index (χ3n) is 3.09. The monoisotopic (exact) mass is 296 g/mol. The third kappa shape index (κ3) is 3.54. The lowest BCUT2D eigenvalue weighted by Gasteiger charge is -2.34. The van der Waals surface area contributed by atoms with Crippen molar-refractivity contribution >= 4 is 21.8 Å². The Bertz CT molecular complexity index is 361. The zero-order valence-electron chi connectivity index (χ0n) is 9.81. The highest BCUT2D eigenvalue weighted by atomic mass is 79.9. The summed E-state index contributed by atoms with van der Waals surface area (Å²) in [5, 5.41) is 0.436.